The number of hydrogen-bond acceptors (Lipinski definition) is 6. The number of carboxylic acid groups (broad SMARTS) is 2. The Bertz CT molecular complexity index is 903. The van der Waals surface area contributed by atoms with E-state index in [4.69, 9.17) is 5.11 Å². The van der Waals surface area contributed by atoms with Crippen molar-refractivity contribution >= 4 is 35.6 Å². The molecule has 0 aliphatic heterocycles. The zero-order chi connectivity index (χ0) is 25.8. The van der Waals surface area contributed by atoms with E-state index >= 15 is 0 Å². The molecular weight excluding hydrogens is 448 g/mol. The van der Waals surface area contributed by atoms with E-state index in [1.165, 1.54) is 6.92 Å². The first-order chi connectivity index (χ1) is 15.9. The van der Waals surface area contributed by atoms with E-state index in [9.17, 15) is 33.9 Å². The summed E-state index contributed by atoms with van der Waals surface area (Å²) in [5.74, 6) is -6.01. The molecule has 12 nitrogen and oxygen atoms in total. The first-order valence-electron chi connectivity index (χ1n) is 10.5. The quantitative estimate of drug-likeness (QED) is 0.209. The topological polar surface area (TPSA) is 191 Å². The summed E-state index contributed by atoms with van der Waals surface area (Å²) in [6.45, 7) is 3.86. The highest BCUT2D eigenvalue weighted by molar-refractivity contribution is 5.96. The van der Waals surface area contributed by atoms with Gasteiger partial charge in [0, 0.05) is 13.3 Å². The lowest BCUT2D eigenvalue weighted by molar-refractivity contribution is -0.142. The average molecular weight is 479 g/mol. The summed E-state index contributed by atoms with van der Waals surface area (Å²) >= 11 is 0. The average Bonchev–Trinajstić information content (AvgIpc) is 2.74. The Balaban J connectivity index is 3.08. The highest BCUT2D eigenvalue weighted by Gasteiger charge is 2.32. The van der Waals surface area contributed by atoms with Gasteiger partial charge in [-0.1, -0.05) is 44.2 Å². The summed E-state index contributed by atoms with van der Waals surface area (Å²) in [7, 11) is 0. The number of carbonyl (C=O) groups excluding carboxylic acids is 4. The van der Waals surface area contributed by atoms with Crippen LogP contribution < -0.4 is 21.3 Å². The molecule has 1 rings (SSSR count). The Morgan fingerprint density at radius 1 is 0.794 bits per heavy atom. The van der Waals surface area contributed by atoms with Crippen LogP contribution in [0.25, 0.3) is 0 Å². The number of amides is 4. The molecule has 186 valence electrons. The number of benzene rings is 1. The van der Waals surface area contributed by atoms with Crippen LogP contribution in [-0.2, 0) is 35.2 Å². The third kappa shape index (κ3) is 10.1. The number of aliphatic carboxylic acids is 2. The molecule has 0 aliphatic rings. The van der Waals surface area contributed by atoms with Crippen LogP contribution >= 0.6 is 0 Å². The highest BCUT2D eigenvalue weighted by Crippen LogP contribution is 2.07. The van der Waals surface area contributed by atoms with Crippen molar-refractivity contribution < 1.29 is 39.0 Å². The summed E-state index contributed by atoms with van der Waals surface area (Å²) in [6, 6.07) is 4.77. The maximum Gasteiger partial charge on any atom is 0.322 e. The third-order valence-electron chi connectivity index (χ3n) is 4.65. The molecule has 0 aromatic heterocycles. The van der Waals surface area contributed by atoms with Gasteiger partial charge >= 0.3 is 11.9 Å². The fourth-order valence-corrected chi connectivity index (χ4v) is 3.02. The number of carboxylic acids is 2. The fourth-order valence-electron chi connectivity index (χ4n) is 3.02. The van der Waals surface area contributed by atoms with Crippen LogP contribution in [0.15, 0.2) is 30.3 Å². The Kier molecular flexibility index (Phi) is 11.2. The van der Waals surface area contributed by atoms with Crippen LogP contribution in [-0.4, -0.2) is 70.5 Å². The number of nitrogens with one attached hydrogen (secondary N) is 4. The van der Waals surface area contributed by atoms with Crippen LogP contribution in [0, 0.1) is 5.92 Å². The van der Waals surface area contributed by atoms with E-state index in [0.29, 0.717) is 5.56 Å². The lowest BCUT2D eigenvalue weighted by Crippen LogP contribution is -2.58. The minimum absolute atomic E-state index is 0.00766. The minimum Gasteiger partial charge on any atom is -0.481 e. The lowest BCUT2D eigenvalue weighted by Gasteiger charge is -2.26. The van der Waals surface area contributed by atoms with Crippen molar-refractivity contribution in [3.63, 3.8) is 0 Å². The van der Waals surface area contributed by atoms with Crippen molar-refractivity contribution in [2.75, 3.05) is 6.54 Å². The lowest BCUT2D eigenvalue weighted by atomic mass is 10.0. The van der Waals surface area contributed by atoms with Gasteiger partial charge in [-0.2, -0.15) is 0 Å². The molecule has 0 radical (unpaired) electrons. The van der Waals surface area contributed by atoms with E-state index < -0.39 is 66.7 Å². The standard InChI is InChI=1S/C22H30N4O8/c1-12(2)19(24-13(3)27)22(34)26-16(10-17(28)29)21(33)25-15(20(32)23-11-18(30)31)9-14-7-5-4-6-8-14/h4-8,12,15-16,19H,9-11H2,1-3H3,(H,23,32)(H,24,27)(H,25,33)(H,26,34)(H,28,29)(H,30,31)/t15-,16-,19-/m0/s1. The van der Waals surface area contributed by atoms with E-state index in [1.54, 1.807) is 44.2 Å². The van der Waals surface area contributed by atoms with Gasteiger partial charge in [-0.05, 0) is 11.5 Å². The maximum absolute atomic E-state index is 12.9. The van der Waals surface area contributed by atoms with Crippen molar-refractivity contribution in [3.05, 3.63) is 35.9 Å². The van der Waals surface area contributed by atoms with Crippen molar-refractivity contribution in [3.8, 4) is 0 Å². The molecule has 0 fully saturated rings. The molecule has 4 amide bonds. The number of rotatable bonds is 13. The molecule has 1 aromatic rings. The van der Waals surface area contributed by atoms with Crippen molar-refractivity contribution in [2.24, 2.45) is 5.92 Å². The van der Waals surface area contributed by atoms with Crippen molar-refractivity contribution in [2.45, 2.75) is 51.7 Å². The van der Waals surface area contributed by atoms with Crippen LogP contribution in [0.2, 0.25) is 0 Å². The highest BCUT2D eigenvalue weighted by atomic mass is 16.4. The van der Waals surface area contributed by atoms with Gasteiger partial charge in [0.05, 0.1) is 6.42 Å². The predicted octanol–water partition coefficient (Wildman–Crippen LogP) is -0.965. The molecule has 6 N–H and O–H groups in total. The molecule has 0 heterocycles. The van der Waals surface area contributed by atoms with Crippen molar-refractivity contribution in [1.82, 2.24) is 21.3 Å². The molecule has 0 saturated heterocycles. The molecule has 0 saturated carbocycles. The summed E-state index contributed by atoms with van der Waals surface area (Å²) in [5.41, 5.74) is 0.655. The number of carbonyl (C=O) groups is 6. The van der Waals surface area contributed by atoms with E-state index in [1.807, 2.05) is 0 Å². The molecule has 1 aromatic carbocycles. The van der Waals surface area contributed by atoms with Gasteiger partial charge in [0.1, 0.15) is 24.7 Å². The van der Waals surface area contributed by atoms with E-state index in [-0.39, 0.29) is 12.3 Å². The summed E-state index contributed by atoms with van der Waals surface area (Å²) in [6.07, 6.45) is -0.788. The van der Waals surface area contributed by atoms with Gasteiger partial charge in [-0.3, -0.25) is 28.8 Å². The zero-order valence-corrected chi connectivity index (χ0v) is 19.2. The monoisotopic (exact) mass is 478 g/mol. The van der Waals surface area contributed by atoms with Gasteiger partial charge in [0.25, 0.3) is 0 Å². The first-order valence-corrected chi connectivity index (χ1v) is 10.5. The normalized spacial score (nSPS) is 13.2. The van der Waals surface area contributed by atoms with Gasteiger partial charge in [-0.25, -0.2) is 0 Å². The maximum atomic E-state index is 12.9. The second kappa shape index (κ2) is 13.6. The fraction of sp³-hybridized carbons (Fsp3) is 0.455. The smallest absolute Gasteiger partial charge is 0.322 e. The molecular formula is C22H30N4O8. The second-order valence-electron chi connectivity index (χ2n) is 7.94. The van der Waals surface area contributed by atoms with Gasteiger partial charge in [-0.15, -0.1) is 0 Å². The Hall–Kier alpha value is -3.96. The van der Waals surface area contributed by atoms with Gasteiger partial charge in [0.2, 0.25) is 23.6 Å². The van der Waals surface area contributed by atoms with E-state index in [0.717, 1.165) is 0 Å². The second-order valence-corrected chi connectivity index (χ2v) is 7.94. The number of hydrogen-bond donors (Lipinski definition) is 6. The summed E-state index contributed by atoms with van der Waals surface area (Å²) < 4.78 is 0. The first kappa shape index (κ1) is 28.1. The molecule has 0 unspecified atom stereocenters. The van der Waals surface area contributed by atoms with Gasteiger partial charge in [0.15, 0.2) is 0 Å². The molecule has 3 atom stereocenters. The Labute approximate surface area is 196 Å². The SMILES string of the molecule is CC(=O)N[C@H](C(=O)N[C@@H](CC(=O)O)C(=O)N[C@@H](Cc1ccccc1)C(=O)NCC(=O)O)C(C)C. The largest absolute Gasteiger partial charge is 0.481 e. The van der Waals surface area contributed by atoms with E-state index in [2.05, 4.69) is 21.3 Å². The molecule has 0 aliphatic carbocycles. The molecule has 34 heavy (non-hydrogen) atoms. The molecule has 0 spiro atoms. The minimum atomic E-state index is -1.55. The van der Waals surface area contributed by atoms with Crippen LogP contribution in [0.5, 0.6) is 0 Å². The molecule has 12 heteroatoms. The summed E-state index contributed by atoms with van der Waals surface area (Å²) in [5, 5.41) is 27.4. The van der Waals surface area contributed by atoms with Gasteiger partial charge < -0.3 is 31.5 Å². The summed E-state index contributed by atoms with van der Waals surface area (Å²) in [4.78, 5) is 71.6. The zero-order valence-electron chi connectivity index (χ0n) is 19.2. The van der Waals surface area contributed by atoms with Crippen molar-refractivity contribution in [1.29, 1.82) is 0 Å². The Morgan fingerprint density at radius 2 is 1.38 bits per heavy atom. The van der Waals surface area contributed by atoms with Crippen LogP contribution in [0.1, 0.15) is 32.8 Å². The van der Waals surface area contributed by atoms with Crippen LogP contribution in [0.4, 0.5) is 0 Å². The third-order valence-corrected chi connectivity index (χ3v) is 4.65. The Morgan fingerprint density at radius 3 is 1.88 bits per heavy atom. The predicted molar refractivity (Wildman–Crippen MR) is 119 cm³/mol. The molecule has 0 bridgehead atoms. The van der Waals surface area contributed by atoms with Crippen LogP contribution in [0.3, 0.4) is 0 Å².